The number of carbonyl (C=O) groups excluding carboxylic acids is 1. The van der Waals surface area contributed by atoms with Crippen molar-refractivity contribution in [1.29, 1.82) is 0 Å². The van der Waals surface area contributed by atoms with Crippen LogP contribution in [0.15, 0.2) is 16.1 Å². The number of carboxylic acid groups (broad SMARTS) is 1. The summed E-state index contributed by atoms with van der Waals surface area (Å²) >= 11 is 1.45. The maximum atomic E-state index is 12.2. The van der Waals surface area contributed by atoms with Crippen LogP contribution in [-0.4, -0.2) is 37.8 Å². The number of carboxylic acids is 1. The smallest absolute Gasteiger partial charge is 0.329 e. The van der Waals surface area contributed by atoms with E-state index < -0.39 is 23.0 Å². The Balaban J connectivity index is 2.29. The number of nitrogens with zero attached hydrogens (tertiary/aromatic N) is 2. The second kappa shape index (κ2) is 5.88. The summed E-state index contributed by atoms with van der Waals surface area (Å²) in [7, 11) is 0. The van der Waals surface area contributed by atoms with Crippen molar-refractivity contribution in [2.24, 2.45) is 0 Å². The van der Waals surface area contributed by atoms with E-state index in [0.29, 0.717) is 18.1 Å². The normalized spacial score (nSPS) is 16.1. The molecule has 0 radical (unpaired) electrons. The summed E-state index contributed by atoms with van der Waals surface area (Å²) in [6.07, 6.45) is 2.10. The number of aliphatic carboxylic acids is 1. The van der Waals surface area contributed by atoms with Crippen molar-refractivity contribution in [3.8, 4) is 0 Å². The third-order valence-corrected chi connectivity index (χ3v) is 4.38. The minimum Gasteiger partial charge on any atom is -0.480 e. The molecule has 1 aromatic heterocycles. The van der Waals surface area contributed by atoms with E-state index in [-0.39, 0.29) is 12.0 Å². The molecule has 2 heterocycles. The molecule has 1 aliphatic heterocycles. The average molecular weight is 311 g/mol. The Kier molecular flexibility index (Phi) is 4.36. The van der Waals surface area contributed by atoms with Crippen molar-refractivity contribution in [2.75, 3.05) is 5.75 Å². The minimum atomic E-state index is -1.39. The average Bonchev–Trinajstić information content (AvgIpc) is 2.88. The zero-order chi connectivity index (χ0) is 15.6. The lowest BCUT2D eigenvalue weighted by atomic mass is 9.96. The number of aromatic nitrogens is 2. The van der Waals surface area contributed by atoms with Gasteiger partial charge in [0.15, 0.2) is 5.16 Å². The van der Waals surface area contributed by atoms with Crippen LogP contribution in [0.25, 0.3) is 0 Å². The van der Waals surface area contributed by atoms with Crippen molar-refractivity contribution in [3.63, 3.8) is 0 Å². The van der Waals surface area contributed by atoms with Crippen LogP contribution in [0.3, 0.4) is 0 Å². The van der Waals surface area contributed by atoms with E-state index in [1.165, 1.54) is 29.4 Å². The fourth-order valence-electron chi connectivity index (χ4n) is 2.21. The van der Waals surface area contributed by atoms with Gasteiger partial charge in [-0.05, 0) is 13.3 Å². The predicted octanol–water partition coefficient (Wildman–Crippen LogP) is 0.722. The lowest BCUT2D eigenvalue weighted by Crippen LogP contribution is -2.53. The number of hydrogen-bond acceptors (Lipinski definition) is 5. The number of amides is 1. The molecule has 21 heavy (non-hydrogen) atoms. The van der Waals surface area contributed by atoms with Gasteiger partial charge in [0.1, 0.15) is 11.1 Å². The molecule has 1 amide bonds. The molecule has 1 unspecified atom stereocenters. The highest BCUT2D eigenvalue weighted by Crippen LogP contribution is 2.20. The molecular weight excluding hydrogens is 294 g/mol. The van der Waals surface area contributed by atoms with E-state index in [1.54, 1.807) is 0 Å². The molecule has 0 fully saturated rings. The van der Waals surface area contributed by atoms with Gasteiger partial charge in [0.05, 0.1) is 0 Å². The highest BCUT2D eigenvalue weighted by molar-refractivity contribution is 7.99. The molecule has 0 bridgehead atoms. The van der Waals surface area contributed by atoms with E-state index in [4.69, 9.17) is 0 Å². The minimum absolute atomic E-state index is 0.121. The van der Waals surface area contributed by atoms with Crippen LogP contribution in [0.2, 0.25) is 0 Å². The molecule has 0 aromatic carbocycles. The topological polar surface area (TPSA) is 101 Å². The Morgan fingerprint density at radius 1 is 1.57 bits per heavy atom. The molecule has 7 nitrogen and oxygen atoms in total. The Labute approximate surface area is 125 Å². The second-order valence-electron chi connectivity index (χ2n) is 5.10. The highest BCUT2D eigenvalue weighted by atomic mass is 32.2. The summed E-state index contributed by atoms with van der Waals surface area (Å²) < 4.78 is 1.44. The van der Waals surface area contributed by atoms with Crippen molar-refractivity contribution in [2.45, 2.75) is 43.9 Å². The highest BCUT2D eigenvalue weighted by Gasteiger charge is 2.35. The maximum absolute atomic E-state index is 12.2. The number of fused-ring (bicyclic) bond motifs is 1. The van der Waals surface area contributed by atoms with Gasteiger partial charge in [-0.25, -0.2) is 9.78 Å². The molecule has 8 heteroatoms. The number of thioether (sulfide) groups is 1. The van der Waals surface area contributed by atoms with Gasteiger partial charge in [-0.1, -0.05) is 25.1 Å². The van der Waals surface area contributed by atoms with E-state index in [2.05, 4.69) is 10.3 Å². The summed E-state index contributed by atoms with van der Waals surface area (Å²) in [5, 5.41) is 12.3. The Morgan fingerprint density at radius 3 is 2.90 bits per heavy atom. The van der Waals surface area contributed by atoms with Gasteiger partial charge >= 0.3 is 5.97 Å². The van der Waals surface area contributed by atoms with Gasteiger partial charge in [0.25, 0.3) is 11.5 Å². The monoisotopic (exact) mass is 311 g/mol. The third kappa shape index (κ3) is 2.94. The van der Waals surface area contributed by atoms with Crippen LogP contribution in [0, 0.1) is 0 Å². The van der Waals surface area contributed by atoms with Crippen LogP contribution in [-0.2, 0) is 11.3 Å². The molecule has 0 spiro atoms. The number of carbonyl (C=O) groups is 2. The first-order valence-electron chi connectivity index (χ1n) is 6.67. The first kappa shape index (κ1) is 15.6. The molecule has 2 rings (SSSR count). The lowest BCUT2D eigenvalue weighted by Gasteiger charge is -2.25. The molecule has 114 valence electrons. The fourth-order valence-corrected chi connectivity index (χ4v) is 3.13. The van der Waals surface area contributed by atoms with Crippen LogP contribution >= 0.6 is 11.8 Å². The van der Waals surface area contributed by atoms with Gasteiger partial charge in [-0.15, -0.1) is 0 Å². The molecule has 1 atom stereocenters. The number of nitrogens with one attached hydrogen (secondary N) is 1. The molecule has 1 aromatic rings. The molecule has 0 saturated carbocycles. The van der Waals surface area contributed by atoms with E-state index in [9.17, 15) is 19.5 Å². The molecule has 0 aliphatic carbocycles. The third-order valence-electron chi connectivity index (χ3n) is 3.41. The van der Waals surface area contributed by atoms with Crippen LogP contribution < -0.4 is 10.9 Å². The lowest BCUT2D eigenvalue weighted by molar-refractivity contribution is -0.144. The zero-order valence-electron chi connectivity index (χ0n) is 11.9. The van der Waals surface area contributed by atoms with E-state index >= 15 is 0 Å². The van der Waals surface area contributed by atoms with Crippen molar-refractivity contribution in [1.82, 2.24) is 14.9 Å². The molecular formula is C13H17N3O4S. The van der Waals surface area contributed by atoms with Crippen molar-refractivity contribution in [3.05, 3.63) is 22.1 Å². The van der Waals surface area contributed by atoms with E-state index in [1.807, 2.05) is 6.92 Å². The first-order chi connectivity index (χ1) is 9.89. The predicted molar refractivity (Wildman–Crippen MR) is 77.6 cm³/mol. The molecule has 0 saturated heterocycles. The molecule has 1 aliphatic rings. The van der Waals surface area contributed by atoms with Gasteiger partial charge in [-0.3, -0.25) is 14.2 Å². The standard InChI is InChI=1S/C13H17N3O4S/c1-3-4-13(2,11(19)20)15-9(17)8-7-14-12-16(10(8)18)5-6-21-12/h7H,3-6H2,1-2H3,(H,15,17)(H,19,20). The van der Waals surface area contributed by atoms with Crippen LogP contribution in [0.5, 0.6) is 0 Å². The summed E-state index contributed by atoms with van der Waals surface area (Å²) in [5.41, 5.74) is -1.94. The number of rotatable bonds is 5. The summed E-state index contributed by atoms with van der Waals surface area (Å²) in [6.45, 7) is 3.78. The Hall–Kier alpha value is -1.83. The second-order valence-corrected chi connectivity index (χ2v) is 6.16. The quantitative estimate of drug-likeness (QED) is 0.777. The van der Waals surface area contributed by atoms with E-state index in [0.717, 1.165) is 5.75 Å². The Morgan fingerprint density at radius 2 is 2.29 bits per heavy atom. The maximum Gasteiger partial charge on any atom is 0.329 e. The summed E-state index contributed by atoms with van der Waals surface area (Å²) in [5.74, 6) is -1.07. The zero-order valence-corrected chi connectivity index (χ0v) is 12.7. The SMILES string of the molecule is CCCC(C)(NC(=O)c1cnc2n(c1=O)CCS2)C(=O)O. The largest absolute Gasteiger partial charge is 0.480 e. The van der Waals surface area contributed by atoms with Gasteiger partial charge in [0.2, 0.25) is 0 Å². The van der Waals surface area contributed by atoms with Crippen LogP contribution in [0.1, 0.15) is 37.0 Å². The van der Waals surface area contributed by atoms with Crippen molar-refractivity contribution < 1.29 is 14.7 Å². The summed E-state index contributed by atoms with van der Waals surface area (Å²) in [4.78, 5) is 39.9. The summed E-state index contributed by atoms with van der Waals surface area (Å²) in [6, 6.07) is 0. The number of hydrogen-bond donors (Lipinski definition) is 2. The fraction of sp³-hybridized carbons (Fsp3) is 0.538. The first-order valence-corrected chi connectivity index (χ1v) is 7.66. The molecule has 2 N–H and O–H groups in total. The Bertz CT molecular complexity index is 643. The van der Waals surface area contributed by atoms with Gasteiger partial charge in [0, 0.05) is 18.5 Å². The van der Waals surface area contributed by atoms with Crippen molar-refractivity contribution >= 4 is 23.6 Å². The van der Waals surface area contributed by atoms with Gasteiger partial charge < -0.3 is 10.4 Å². The van der Waals surface area contributed by atoms with Crippen LogP contribution in [0.4, 0.5) is 0 Å². The van der Waals surface area contributed by atoms with Gasteiger partial charge in [-0.2, -0.15) is 0 Å².